The predicted octanol–water partition coefficient (Wildman–Crippen LogP) is 4.51. The van der Waals surface area contributed by atoms with E-state index >= 15 is 0 Å². The summed E-state index contributed by atoms with van der Waals surface area (Å²) in [5.41, 5.74) is -0.119. The summed E-state index contributed by atoms with van der Waals surface area (Å²) in [4.78, 5) is 19.2. The van der Waals surface area contributed by atoms with Gasteiger partial charge in [-0.15, -0.1) is 0 Å². The molecule has 3 aromatic rings. The largest absolute Gasteiger partial charge is 0.471 e. The Labute approximate surface area is 169 Å². The molecule has 9 heteroatoms. The minimum absolute atomic E-state index is 0.0194. The summed E-state index contributed by atoms with van der Waals surface area (Å²) in [5.74, 6) is -2.79. The van der Waals surface area contributed by atoms with E-state index in [1.165, 1.54) is 24.4 Å². The van der Waals surface area contributed by atoms with Gasteiger partial charge in [0.25, 0.3) is 0 Å². The number of rotatable bonds is 6. The standard InChI is InChI=1S/C20H14ClF3N2O3/c1-28-20(27)6-11-5-15(23)13(8-14(11)22)17-3-2-4-19(26-17)29-10-18-16(24)7-12(21)9-25-18/h2-5,7-9H,6,10H2,1H3. The Kier molecular flexibility index (Phi) is 6.33. The van der Waals surface area contributed by atoms with Crippen LogP contribution in [0, 0.1) is 17.5 Å². The minimum atomic E-state index is -0.771. The second-order valence-corrected chi connectivity index (χ2v) is 6.34. The Bertz CT molecular complexity index is 1060. The lowest BCUT2D eigenvalue weighted by Gasteiger charge is -2.10. The summed E-state index contributed by atoms with van der Waals surface area (Å²) >= 11 is 5.65. The van der Waals surface area contributed by atoms with Crippen molar-refractivity contribution in [1.29, 1.82) is 0 Å². The Morgan fingerprint density at radius 3 is 2.62 bits per heavy atom. The zero-order valence-corrected chi connectivity index (χ0v) is 15.8. The number of nitrogens with zero attached hydrogens (tertiary/aromatic N) is 2. The number of pyridine rings is 2. The van der Waals surface area contributed by atoms with Gasteiger partial charge in [-0.1, -0.05) is 17.7 Å². The summed E-state index contributed by atoms with van der Waals surface area (Å²) in [5, 5.41) is 0.152. The van der Waals surface area contributed by atoms with Gasteiger partial charge in [0.05, 0.1) is 24.2 Å². The van der Waals surface area contributed by atoms with Gasteiger partial charge in [-0.05, 0) is 24.3 Å². The molecule has 0 radical (unpaired) electrons. The summed E-state index contributed by atoms with van der Waals surface area (Å²) in [6.07, 6.45) is 0.886. The highest BCUT2D eigenvalue weighted by Crippen LogP contribution is 2.26. The van der Waals surface area contributed by atoms with Crippen LogP contribution in [0.4, 0.5) is 13.2 Å². The molecule has 0 unspecified atom stereocenters. The molecule has 29 heavy (non-hydrogen) atoms. The van der Waals surface area contributed by atoms with Crippen molar-refractivity contribution in [3.63, 3.8) is 0 Å². The van der Waals surface area contributed by atoms with Crippen LogP contribution in [0.25, 0.3) is 11.3 Å². The molecule has 0 aliphatic rings. The molecule has 2 aromatic heterocycles. The summed E-state index contributed by atoms with van der Waals surface area (Å²) in [7, 11) is 1.16. The molecule has 0 bridgehead atoms. The van der Waals surface area contributed by atoms with Crippen molar-refractivity contribution in [2.75, 3.05) is 7.11 Å². The van der Waals surface area contributed by atoms with Gasteiger partial charge in [-0.3, -0.25) is 9.78 Å². The van der Waals surface area contributed by atoms with E-state index in [9.17, 15) is 18.0 Å². The van der Waals surface area contributed by atoms with Crippen molar-refractivity contribution in [1.82, 2.24) is 9.97 Å². The first-order valence-corrected chi connectivity index (χ1v) is 8.70. The molecule has 2 heterocycles. The van der Waals surface area contributed by atoms with Gasteiger partial charge in [0.15, 0.2) is 0 Å². The number of ether oxygens (including phenoxy) is 2. The van der Waals surface area contributed by atoms with E-state index in [1.807, 2.05) is 0 Å². The molecule has 5 nitrogen and oxygen atoms in total. The van der Waals surface area contributed by atoms with Gasteiger partial charge < -0.3 is 9.47 Å². The first kappa shape index (κ1) is 20.6. The summed E-state index contributed by atoms with van der Waals surface area (Å²) in [6, 6.07) is 7.45. The number of aromatic nitrogens is 2. The Morgan fingerprint density at radius 2 is 1.90 bits per heavy atom. The van der Waals surface area contributed by atoms with E-state index in [0.29, 0.717) is 0 Å². The lowest BCUT2D eigenvalue weighted by Crippen LogP contribution is -2.07. The van der Waals surface area contributed by atoms with Gasteiger partial charge in [-0.25, -0.2) is 18.2 Å². The maximum atomic E-state index is 14.5. The van der Waals surface area contributed by atoms with E-state index in [1.54, 1.807) is 0 Å². The molecule has 0 saturated heterocycles. The number of carbonyl (C=O) groups is 1. The summed E-state index contributed by atoms with van der Waals surface area (Å²) < 4.78 is 52.4. The lowest BCUT2D eigenvalue weighted by molar-refractivity contribution is -0.139. The first-order valence-electron chi connectivity index (χ1n) is 8.32. The number of hydrogen-bond donors (Lipinski definition) is 0. The third kappa shape index (κ3) is 5.03. The van der Waals surface area contributed by atoms with Crippen LogP contribution in [0.5, 0.6) is 5.88 Å². The van der Waals surface area contributed by atoms with Crippen LogP contribution in [-0.4, -0.2) is 23.0 Å². The number of methoxy groups -OCH3 is 1. The molecule has 0 aliphatic carbocycles. The molecular weight excluding hydrogens is 409 g/mol. The van der Waals surface area contributed by atoms with Crippen LogP contribution in [0.1, 0.15) is 11.3 Å². The Morgan fingerprint density at radius 1 is 1.10 bits per heavy atom. The zero-order valence-electron chi connectivity index (χ0n) is 15.1. The van der Waals surface area contributed by atoms with E-state index in [-0.39, 0.29) is 40.0 Å². The molecule has 150 valence electrons. The van der Waals surface area contributed by atoms with Gasteiger partial charge in [0.1, 0.15) is 29.8 Å². The monoisotopic (exact) mass is 422 g/mol. The summed E-state index contributed by atoms with van der Waals surface area (Å²) in [6.45, 7) is -0.228. The number of carbonyl (C=O) groups excluding carboxylic acids is 1. The fraction of sp³-hybridized carbons (Fsp3) is 0.150. The van der Waals surface area contributed by atoms with Crippen molar-refractivity contribution < 1.29 is 27.4 Å². The predicted molar refractivity (Wildman–Crippen MR) is 98.8 cm³/mol. The van der Waals surface area contributed by atoms with Crippen LogP contribution in [0.2, 0.25) is 5.02 Å². The maximum absolute atomic E-state index is 14.5. The Balaban J connectivity index is 1.81. The zero-order chi connectivity index (χ0) is 21.0. The van der Waals surface area contributed by atoms with Crippen LogP contribution < -0.4 is 4.74 Å². The molecule has 0 N–H and O–H groups in total. The normalized spacial score (nSPS) is 10.7. The molecule has 3 rings (SSSR count). The van der Waals surface area contributed by atoms with Crippen molar-refractivity contribution in [3.8, 4) is 17.1 Å². The molecular formula is C20H14ClF3N2O3. The fourth-order valence-electron chi connectivity index (χ4n) is 2.48. The van der Waals surface area contributed by atoms with Crippen LogP contribution in [0.15, 0.2) is 42.6 Å². The van der Waals surface area contributed by atoms with Crippen LogP contribution >= 0.6 is 11.6 Å². The molecule has 1 aromatic carbocycles. The van der Waals surface area contributed by atoms with E-state index in [4.69, 9.17) is 16.3 Å². The highest BCUT2D eigenvalue weighted by molar-refractivity contribution is 6.30. The Hall–Kier alpha value is -3.13. The van der Waals surface area contributed by atoms with Crippen molar-refractivity contribution in [3.05, 3.63) is 76.3 Å². The number of benzene rings is 1. The molecule has 0 fully saturated rings. The topological polar surface area (TPSA) is 61.3 Å². The lowest BCUT2D eigenvalue weighted by atomic mass is 10.0. The third-order valence-corrected chi connectivity index (χ3v) is 4.15. The molecule has 0 aliphatic heterocycles. The van der Waals surface area contributed by atoms with Crippen LogP contribution in [-0.2, 0) is 22.6 Å². The van der Waals surface area contributed by atoms with Gasteiger partial charge >= 0.3 is 5.97 Å². The number of halogens is 4. The van der Waals surface area contributed by atoms with Gasteiger partial charge in [0, 0.05) is 23.4 Å². The number of esters is 1. The average Bonchev–Trinajstić information content (AvgIpc) is 2.70. The maximum Gasteiger partial charge on any atom is 0.310 e. The van der Waals surface area contributed by atoms with Gasteiger partial charge in [0.2, 0.25) is 5.88 Å². The molecule has 0 saturated carbocycles. The van der Waals surface area contributed by atoms with Crippen molar-refractivity contribution in [2.45, 2.75) is 13.0 Å². The molecule has 0 spiro atoms. The van der Waals surface area contributed by atoms with Crippen LogP contribution in [0.3, 0.4) is 0 Å². The van der Waals surface area contributed by atoms with E-state index in [2.05, 4.69) is 14.7 Å². The van der Waals surface area contributed by atoms with E-state index in [0.717, 1.165) is 25.3 Å². The highest BCUT2D eigenvalue weighted by Gasteiger charge is 2.16. The quantitative estimate of drug-likeness (QED) is 0.547. The smallest absolute Gasteiger partial charge is 0.310 e. The first-order chi connectivity index (χ1) is 13.9. The minimum Gasteiger partial charge on any atom is -0.471 e. The average molecular weight is 423 g/mol. The second kappa shape index (κ2) is 8.91. The highest BCUT2D eigenvalue weighted by atomic mass is 35.5. The van der Waals surface area contributed by atoms with Gasteiger partial charge in [-0.2, -0.15) is 0 Å². The fourth-order valence-corrected chi connectivity index (χ4v) is 2.63. The second-order valence-electron chi connectivity index (χ2n) is 5.91. The SMILES string of the molecule is COC(=O)Cc1cc(F)c(-c2cccc(OCc3ncc(Cl)cc3F)n2)cc1F. The van der Waals surface area contributed by atoms with E-state index < -0.39 is 29.8 Å². The van der Waals surface area contributed by atoms with Crippen molar-refractivity contribution >= 4 is 17.6 Å². The number of hydrogen-bond acceptors (Lipinski definition) is 5. The molecule has 0 atom stereocenters. The molecule has 0 amide bonds. The third-order valence-electron chi connectivity index (χ3n) is 3.94. The van der Waals surface area contributed by atoms with Crippen molar-refractivity contribution in [2.24, 2.45) is 0 Å².